The summed E-state index contributed by atoms with van der Waals surface area (Å²) in [5, 5.41) is 2.86. The number of aliphatic imine (C=N–C) groups is 1. The Morgan fingerprint density at radius 3 is 3.25 bits per heavy atom. The molecule has 0 amide bonds. The standard InChI is InChI=1S/C7H11N5/c1-3-10-7-5(6(8)9-2)11-4-12-7/h3-4,10H,1H2,2H3,(H2,8,9)(H,11,12). The van der Waals surface area contributed by atoms with E-state index in [9.17, 15) is 0 Å². The van der Waals surface area contributed by atoms with Crippen molar-refractivity contribution in [3.8, 4) is 0 Å². The van der Waals surface area contributed by atoms with Gasteiger partial charge in [0, 0.05) is 7.05 Å². The predicted molar refractivity (Wildman–Crippen MR) is 49.1 cm³/mol. The molecule has 0 radical (unpaired) electrons. The minimum atomic E-state index is 0.389. The summed E-state index contributed by atoms with van der Waals surface area (Å²) < 4.78 is 0. The highest BCUT2D eigenvalue weighted by atomic mass is 15.1. The number of nitrogens with one attached hydrogen (secondary N) is 2. The second kappa shape index (κ2) is 3.56. The third-order valence-electron chi connectivity index (χ3n) is 1.37. The van der Waals surface area contributed by atoms with E-state index in [1.807, 2.05) is 0 Å². The van der Waals surface area contributed by atoms with Gasteiger partial charge in [-0.25, -0.2) is 4.98 Å². The third kappa shape index (κ3) is 1.45. The number of imidazole rings is 1. The molecule has 0 unspecified atom stereocenters. The van der Waals surface area contributed by atoms with E-state index in [0.717, 1.165) is 0 Å². The number of amidine groups is 1. The average Bonchev–Trinajstić information content (AvgIpc) is 2.52. The lowest BCUT2D eigenvalue weighted by Crippen LogP contribution is -2.15. The second-order valence-corrected chi connectivity index (χ2v) is 2.08. The zero-order valence-electron chi connectivity index (χ0n) is 6.83. The lowest BCUT2D eigenvalue weighted by molar-refractivity contribution is 1.29. The third-order valence-corrected chi connectivity index (χ3v) is 1.37. The van der Waals surface area contributed by atoms with Crippen LogP contribution in [0.3, 0.4) is 0 Å². The molecule has 0 atom stereocenters. The monoisotopic (exact) mass is 165 g/mol. The number of rotatable bonds is 3. The zero-order chi connectivity index (χ0) is 8.97. The number of nitrogens with two attached hydrogens (primary N) is 1. The molecule has 0 fully saturated rings. The molecule has 0 aromatic carbocycles. The Kier molecular flexibility index (Phi) is 2.47. The quantitative estimate of drug-likeness (QED) is 0.445. The van der Waals surface area contributed by atoms with Crippen molar-refractivity contribution >= 4 is 11.7 Å². The van der Waals surface area contributed by atoms with E-state index in [2.05, 4.69) is 26.9 Å². The highest BCUT2D eigenvalue weighted by Gasteiger charge is 2.06. The first kappa shape index (κ1) is 8.32. The number of aromatic nitrogens is 2. The van der Waals surface area contributed by atoms with Gasteiger partial charge >= 0.3 is 0 Å². The molecule has 5 nitrogen and oxygen atoms in total. The van der Waals surface area contributed by atoms with Gasteiger partial charge in [-0.15, -0.1) is 0 Å². The molecule has 12 heavy (non-hydrogen) atoms. The molecule has 0 aliphatic heterocycles. The molecule has 1 heterocycles. The van der Waals surface area contributed by atoms with Crippen molar-refractivity contribution in [2.45, 2.75) is 0 Å². The summed E-state index contributed by atoms with van der Waals surface area (Å²) in [5.74, 6) is 1.09. The number of nitrogens with zero attached hydrogens (tertiary/aromatic N) is 2. The molecule has 4 N–H and O–H groups in total. The largest absolute Gasteiger partial charge is 0.382 e. The second-order valence-electron chi connectivity index (χ2n) is 2.08. The van der Waals surface area contributed by atoms with Gasteiger partial charge in [-0.2, -0.15) is 0 Å². The molecule has 64 valence electrons. The van der Waals surface area contributed by atoms with Crippen molar-refractivity contribution in [3.63, 3.8) is 0 Å². The molecule has 5 heteroatoms. The van der Waals surface area contributed by atoms with E-state index >= 15 is 0 Å². The Morgan fingerprint density at radius 1 is 1.92 bits per heavy atom. The Bertz CT molecular complexity index is 299. The summed E-state index contributed by atoms with van der Waals surface area (Å²) in [6.45, 7) is 3.52. The molecule has 0 saturated heterocycles. The maximum absolute atomic E-state index is 5.56. The topological polar surface area (TPSA) is 79.1 Å². The van der Waals surface area contributed by atoms with Crippen LogP contribution in [0.1, 0.15) is 5.69 Å². The van der Waals surface area contributed by atoms with Gasteiger partial charge < -0.3 is 16.0 Å². The number of anilines is 1. The lowest BCUT2D eigenvalue weighted by Gasteiger charge is -1.99. The van der Waals surface area contributed by atoms with Crippen LogP contribution < -0.4 is 11.1 Å². The van der Waals surface area contributed by atoms with Crippen LogP contribution in [0.25, 0.3) is 0 Å². The van der Waals surface area contributed by atoms with Crippen LogP contribution in [0.4, 0.5) is 5.82 Å². The first-order valence-electron chi connectivity index (χ1n) is 3.43. The average molecular weight is 165 g/mol. The van der Waals surface area contributed by atoms with Crippen LogP contribution in [0.15, 0.2) is 24.1 Å². The Balaban J connectivity index is 2.98. The smallest absolute Gasteiger partial charge is 0.148 e. The number of H-pyrrole nitrogens is 1. The minimum Gasteiger partial charge on any atom is -0.382 e. The Hall–Kier alpha value is -1.78. The molecule has 0 aliphatic carbocycles. The predicted octanol–water partition coefficient (Wildman–Crippen LogP) is 0.300. The normalized spacial score (nSPS) is 11.2. The van der Waals surface area contributed by atoms with Gasteiger partial charge in [0.05, 0.1) is 6.33 Å². The van der Waals surface area contributed by atoms with Crippen molar-refractivity contribution in [2.75, 3.05) is 12.4 Å². The first-order valence-corrected chi connectivity index (χ1v) is 3.43. The van der Waals surface area contributed by atoms with Crippen molar-refractivity contribution in [2.24, 2.45) is 10.7 Å². The lowest BCUT2D eigenvalue weighted by atomic mass is 10.4. The summed E-state index contributed by atoms with van der Waals surface area (Å²) in [4.78, 5) is 10.7. The van der Waals surface area contributed by atoms with Crippen molar-refractivity contribution in [1.82, 2.24) is 9.97 Å². The minimum absolute atomic E-state index is 0.389. The van der Waals surface area contributed by atoms with Crippen molar-refractivity contribution in [1.29, 1.82) is 0 Å². The maximum atomic E-state index is 5.56. The summed E-state index contributed by atoms with van der Waals surface area (Å²) in [7, 11) is 1.61. The van der Waals surface area contributed by atoms with E-state index in [1.54, 1.807) is 19.6 Å². The molecule has 0 aliphatic rings. The van der Waals surface area contributed by atoms with Gasteiger partial charge in [0.2, 0.25) is 0 Å². The van der Waals surface area contributed by atoms with E-state index < -0.39 is 0 Å². The highest BCUT2D eigenvalue weighted by molar-refractivity contribution is 5.99. The number of aromatic amines is 1. The molecule has 0 spiro atoms. The fraction of sp³-hybridized carbons (Fsp3) is 0.143. The molecular weight excluding hydrogens is 154 g/mol. The van der Waals surface area contributed by atoms with Gasteiger partial charge in [-0.1, -0.05) is 6.58 Å². The Labute approximate surface area is 70.4 Å². The maximum Gasteiger partial charge on any atom is 0.148 e. The van der Waals surface area contributed by atoms with Crippen LogP contribution in [-0.2, 0) is 0 Å². The van der Waals surface area contributed by atoms with Crippen LogP contribution in [-0.4, -0.2) is 22.9 Å². The van der Waals surface area contributed by atoms with Gasteiger partial charge in [0.1, 0.15) is 17.3 Å². The van der Waals surface area contributed by atoms with Crippen LogP contribution in [0.5, 0.6) is 0 Å². The van der Waals surface area contributed by atoms with E-state index in [-0.39, 0.29) is 0 Å². The number of hydrogen-bond acceptors (Lipinski definition) is 3. The summed E-state index contributed by atoms with van der Waals surface area (Å²) in [6, 6.07) is 0. The fourth-order valence-electron chi connectivity index (χ4n) is 0.806. The molecule has 1 aromatic rings. The van der Waals surface area contributed by atoms with E-state index in [1.165, 1.54) is 0 Å². The molecule has 0 saturated carbocycles. The number of hydrogen-bond donors (Lipinski definition) is 3. The van der Waals surface area contributed by atoms with Crippen molar-refractivity contribution < 1.29 is 0 Å². The van der Waals surface area contributed by atoms with Gasteiger partial charge in [0.25, 0.3) is 0 Å². The Morgan fingerprint density at radius 2 is 2.67 bits per heavy atom. The SMILES string of the molecule is C=CNc1[nH]cnc1/C(N)=N\C. The summed E-state index contributed by atoms with van der Waals surface area (Å²) >= 11 is 0. The fourth-order valence-corrected chi connectivity index (χ4v) is 0.806. The molecule has 0 bridgehead atoms. The van der Waals surface area contributed by atoms with E-state index in [4.69, 9.17) is 5.73 Å². The van der Waals surface area contributed by atoms with Crippen molar-refractivity contribution in [3.05, 3.63) is 24.8 Å². The molecule has 1 aromatic heterocycles. The van der Waals surface area contributed by atoms with Gasteiger partial charge in [0.15, 0.2) is 0 Å². The van der Waals surface area contributed by atoms with Crippen LogP contribution in [0, 0.1) is 0 Å². The van der Waals surface area contributed by atoms with E-state index in [0.29, 0.717) is 17.3 Å². The van der Waals surface area contributed by atoms with Crippen LogP contribution >= 0.6 is 0 Å². The summed E-state index contributed by atoms with van der Waals surface area (Å²) in [5.41, 5.74) is 6.17. The molecular formula is C7H11N5. The molecule has 1 rings (SSSR count). The summed E-state index contributed by atoms with van der Waals surface area (Å²) in [6.07, 6.45) is 3.08. The first-order chi connectivity index (χ1) is 5.79. The highest BCUT2D eigenvalue weighted by Crippen LogP contribution is 2.07. The zero-order valence-corrected chi connectivity index (χ0v) is 6.83. The van der Waals surface area contributed by atoms with Crippen LogP contribution in [0.2, 0.25) is 0 Å². The van der Waals surface area contributed by atoms with Gasteiger partial charge in [-0.3, -0.25) is 4.99 Å². The van der Waals surface area contributed by atoms with Gasteiger partial charge in [-0.05, 0) is 6.20 Å².